The third-order valence-corrected chi connectivity index (χ3v) is 2.83. The Morgan fingerprint density at radius 1 is 1.67 bits per heavy atom. The van der Waals surface area contributed by atoms with Crippen LogP contribution in [-0.4, -0.2) is 20.5 Å². The minimum absolute atomic E-state index is 0.244. The molecule has 0 atom stereocenters. The molecule has 0 spiro atoms. The minimum Gasteiger partial charge on any atom is -0.477 e. The summed E-state index contributed by atoms with van der Waals surface area (Å²) >= 11 is 3.35. The second-order valence-corrected chi connectivity index (χ2v) is 3.97. The van der Waals surface area contributed by atoms with Crippen molar-refractivity contribution in [2.75, 3.05) is 0 Å². The largest absolute Gasteiger partial charge is 0.477 e. The van der Waals surface area contributed by atoms with E-state index in [2.05, 4.69) is 20.9 Å². The van der Waals surface area contributed by atoms with E-state index in [1.54, 1.807) is 16.7 Å². The molecule has 78 valence electrons. The fourth-order valence-corrected chi connectivity index (χ4v) is 1.99. The smallest absolute Gasteiger partial charge is 0.354 e. The van der Waals surface area contributed by atoms with E-state index in [9.17, 15) is 4.79 Å². The van der Waals surface area contributed by atoms with Gasteiger partial charge in [-0.2, -0.15) is 0 Å². The summed E-state index contributed by atoms with van der Waals surface area (Å²) in [5.74, 6) is -0.947. The van der Waals surface area contributed by atoms with Crippen molar-refractivity contribution >= 4 is 27.5 Å². The summed E-state index contributed by atoms with van der Waals surface area (Å²) < 4.78 is 2.39. The van der Waals surface area contributed by atoms with Gasteiger partial charge in [0.1, 0.15) is 0 Å². The van der Waals surface area contributed by atoms with Crippen molar-refractivity contribution in [2.24, 2.45) is 0 Å². The van der Waals surface area contributed by atoms with Crippen LogP contribution < -0.4 is 0 Å². The van der Waals surface area contributed by atoms with Crippen LogP contribution in [0.5, 0.6) is 0 Å². The highest BCUT2D eigenvalue weighted by Crippen LogP contribution is 2.20. The van der Waals surface area contributed by atoms with E-state index in [4.69, 9.17) is 5.11 Å². The highest BCUT2D eigenvalue weighted by molar-refractivity contribution is 9.10. The predicted molar refractivity (Wildman–Crippen MR) is 59.2 cm³/mol. The zero-order chi connectivity index (χ0) is 11.0. The molecule has 5 heteroatoms. The molecule has 0 aromatic carbocycles. The number of nitrogens with zero attached hydrogens (tertiary/aromatic N) is 2. The number of fused-ring (bicyclic) bond motifs is 1. The van der Waals surface area contributed by atoms with Gasteiger partial charge < -0.3 is 5.11 Å². The monoisotopic (exact) mass is 268 g/mol. The third-order valence-electron chi connectivity index (χ3n) is 2.21. The molecule has 0 saturated carbocycles. The van der Waals surface area contributed by atoms with Crippen LogP contribution >= 0.6 is 15.9 Å². The molecule has 0 aliphatic carbocycles. The molecule has 2 aromatic rings. The number of rotatable bonds is 2. The molecule has 2 heterocycles. The molecule has 0 aliphatic heterocycles. The second kappa shape index (κ2) is 3.66. The summed E-state index contributed by atoms with van der Waals surface area (Å²) in [6, 6.07) is 3.62. The van der Waals surface area contributed by atoms with Gasteiger partial charge in [-0.15, -0.1) is 0 Å². The first-order valence-electron chi connectivity index (χ1n) is 4.54. The molecule has 2 aromatic heterocycles. The zero-order valence-corrected chi connectivity index (χ0v) is 9.65. The summed E-state index contributed by atoms with van der Waals surface area (Å²) in [4.78, 5) is 15.4. The fourth-order valence-electron chi connectivity index (χ4n) is 1.55. The lowest BCUT2D eigenvalue weighted by Crippen LogP contribution is -2.04. The maximum absolute atomic E-state index is 11.1. The molecule has 0 fully saturated rings. The number of aryl methyl sites for hydroxylation is 1. The standard InChI is InChI=1S/C10H9BrN2O2/c1-2-7-8(10(14)15)13-5-3-4-6(11)9(13)12-7/h3-5H,2H2,1H3,(H,14,15). The molecule has 4 nitrogen and oxygen atoms in total. The molecule has 0 radical (unpaired) electrons. The number of hydrogen-bond donors (Lipinski definition) is 1. The van der Waals surface area contributed by atoms with E-state index in [1.165, 1.54) is 0 Å². The quantitative estimate of drug-likeness (QED) is 0.910. The zero-order valence-electron chi connectivity index (χ0n) is 8.07. The van der Waals surface area contributed by atoms with Gasteiger partial charge in [0.25, 0.3) is 0 Å². The van der Waals surface area contributed by atoms with Crippen LogP contribution in [0.3, 0.4) is 0 Å². The highest BCUT2D eigenvalue weighted by atomic mass is 79.9. The molecule has 0 aliphatic rings. The van der Waals surface area contributed by atoms with Gasteiger partial charge in [-0.3, -0.25) is 4.40 Å². The van der Waals surface area contributed by atoms with E-state index < -0.39 is 5.97 Å². The molecular formula is C10H9BrN2O2. The number of carbonyl (C=O) groups is 1. The lowest BCUT2D eigenvalue weighted by molar-refractivity contribution is 0.0688. The van der Waals surface area contributed by atoms with Crippen molar-refractivity contribution in [3.8, 4) is 0 Å². The fraction of sp³-hybridized carbons (Fsp3) is 0.200. The van der Waals surface area contributed by atoms with E-state index in [-0.39, 0.29) is 5.69 Å². The molecule has 2 rings (SSSR count). The van der Waals surface area contributed by atoms with Crippen molar-refractivity contribution in [1.82, 2.24) is 9.38 Å². The summed E-state index contributed by atoms with van der Waals surface area (Å²) in [7, 11) is 0. The van der Waals surface area contributed by atoms with E-state index in [1.807, 2.05) is 13.0 Å². The highest BCUT2D eigenvalue weighted by Gasteiger charge is 2.17. The van der Waals surface area contributed by atoms with Crippen LogP contribution in [0.25, 0.3) is 5.65 Å². The topological polar surface area (TPSA) is 54.6 Å². The Labute approximate surface area is 94.7 Å². The number of carboxylic acid groups (broad SMARTS) is 1. The lowest BCUT2D eigenvalue weighted by Gasteiger charge is -1.98. The number of aromatic nitrogens is 2. The average Bonchev–Trinajstić information content (AvgIpc) is 2.57. The molecule has 0 saturated heterocycles. The van der Waals surface area contributed by atoms with Crippen LogP contribution in [0.1, 0.15) is 23.1 Å². The van der Waals surface area contributed by atoms with Gasteiger partial charge in [0.15, 0.2) is 11.3 Å². The summed E-state index contributed by atoms with van der Waals surface area (Å²) in [5.41, 5.74) is 1.50. The maximum Gasteiger partial charge on any atom is 0.354 e. The van der Waals surface area contributed by atoms with E-state index >= 15 is 0 Å². The average molecular weight is 269 g/mol. The summed E-state index contributed by atoms with van der Waals surface area (Å²) in [6.45, 7) is 1.89. The first kappa shape index (κ1) is 10.2. The van der Waals surface area contributed by atoms with Gasteiger partial charge in [-0.1, -0.05) is 6.92 Å². The van der Waals surface area contributed by atoms with Crippen molar-refractivity contribution in [3.63, 3.8) is 0 Å². The molecule has 0 bridgehead atoms. The number of hydrogen-bond acceptors (Lipinski definition) is 2. The van der Waals surface area contributed by atoms with Crippen LogP contribution in [0.4, 0.5) is 0 Å². The van der Waals surface area contributed by atoms with Crippen LogP contribution in [-0.2, 0) is 6.42 Å². The summed E-state index contributed by atoms with van der Waals surface area (Å²) in [6.07, 6.45) is 2.31. The molecular weight excluding hydrogens is 260 g/mol. The van der Waals surface area contributed by atoms with Crippen molar-refractivity contribution in [2.45, 2.75) is 13.3 Å². The van der Waals surface area contributed by atoms with E-state index in [0.717, 1.165) is 4.47 Å². The van der Waals surface area contributed by atoms with Gasteiger partial charge in [0, 0.05) is 6.20 Å². The Kier molecular flexibility index (Phi) is 2.48. The van der Waals surface area contributed by atoms with Gasteiger partial charge >= 0.3 is 5.97 Å². The van der Waals surface area contributed by atoms with Crippen molar-refractivity contribution in [1.29, 1.82) is 0 Å². The number of pyridine rings is 1. The van der Waals surface area contributed by atoms with Gasteiger partial charge in [-0.25, -0.2) is 9.78 Å². The molecule has 15 heavy (non-hydrogen) atoms. The van der Waals surface area contributed by atoms with Gasteiger partial charge in [0.2, 0.25) is 0 Å². The second-order valence-electron chi connectivity index (χ2n) is 3.12. The normalized spacial score (nSPS) is 10.8. The van der Waals surface area contributed by atoms with Crippen molar-refractivity contribution in [3.05, 3.63) is 34.2 Å². The van der Waals surface area contributed by atoms with Crippen molar-refractivity contribution < 1.29 is 9.90 Å². The molecule has 0 amide bonds. The Bertz CT molecular complexity index is 533. The first-order chi connectivity index (χ1) is 7.15. The Balaban J connectivity index is 2.86. The van der Waals surface area contributed by atoms with Crippen LogP contribution in [0.2, 0.25) is 0 Å². The predicted octanol–water partition coefficient (Wildman–Crippen LogP) is 2.36. The SMILES string of the molecule is CCc1nc2c(Br)cccn2c1C(=O)O. The molecule has 0 unspecified atom stereocenters. The van der Waals surface area contributed by atoms with Crippen LogP contribution in [0, 0.1) is 0 Å². The first-order valence-corrected chi connectivity index (χ1v) is 5.33. The van der Waals surface area contributed by atoms with Crippen LogP contribution in [0.15, 0.2) is 22.8 Å². The Morgan fingerprint density at radius 3 is 3.00 bits per heavy atom. The number of imidazole rings is 1. The van der Waals surface area contributed by atoms with Gasteiger partial charge in [0.05, 0.1) is 10.2 Å². The Hall–Kier alpha value is -1.36. The maximum atomic E-state index is 11.1. The van der Waals surface area contributed by atoms with Gasteiger partial charge in [-0.05, 0) is 34.5 Å². The lowest BCUT2D eigenvalue weighted by atomic mass is 10.2. The molecule has 1 N–H and O–H groups in total. The third kappa shape index (κ3) is 1.52. The number of halogens is 1. The minimum atomic E-state index is -0.947. The Morgan fingerprint density at radius 2 is 2.40 bits per heavy atom. The summed E-state index contributed by atoms with van der Waals surface area (Å²) in [5, 5.41) is 9.10. The van der Waals surface area contributed by atoms with E-state index in [0.29, 0.717) is 17.8 Å². The number of aromatic carboxylic acids is 1. The number of carboxylic acids is 1.